The molecule has 0 heterocycles. The van der Waals surface area contributed by atoms with Crippen molar-refractivity contribution in [1.82, 2.24) is 10.3 Å². The Labute approximate surface area is 180 Å². The van der Waals surface area contributed by atoms with Crippen LogP contribution >= 0.6 is 39.1 Å². The largest absolute Gasteiger partial charge is 0.495 e. The van der Waals surface area contributed by atoms with Crippen molar-refractivity contribution >= 4 is 55.1 Å². The molecule has 1 aliphatic carbocycles. The average Bonchev–Trinajstić information content (AvgIpc) is 3.48. The Morgan fingerprint density at radius 2 is 1.82 bits per heavy atom. The molecule has 1 saturated carbocycles. The molecule has 2 N–H and O–H groups in total. The van der Waals surface area contributed by atoms with Crippen molar-refractivity contribution in [3.8, 4) is 17.2 Å². The van der Waals surface area contributed by atoms with Gasteiger partial charge in [-0.05, 0) is 37.1 Å². The van der Waals surface area contributed by atoms with Crippen LogP contribution < -0.4 is 19.7 Å². The summed E-state index contributed by atoms with van der Waals surface area (Å²) in [4.78, 5) is 13.6. The highest BCUT2D eigenvalue weighted by molar-refractivity contribution is 9.10. The number of benzene rings is 2. The standard InChI is InChI=1S/C17H15BrCl2N2O5S/c1-26-14-5-4-11(27-16-12(19)6-10(18)7-13(16)20)8-15(14)28(24,25)22-21-17(23)9-2-3-9/h4-9,22H,2-3H2,1H3,(H,21,23). The fourth-order valence-electron chi connectivity index (χ4n) is 2.29. The van der Waals surface area contributed by atoms with Gasteiger partial charge >= 0.3 is 0 Å². The van der Waals surface area contributed by atoms with E-state index in [-0.39, 0.29) is 44.0 Å². The zero-order chi connectivity index (χ0) is 20.5. The van der Waals surface area contributed by atoms with Gasteiger partial charge < -0.3 is 9.47 Å². The van der Waals surface area contributed by atoms with Crippen molar-refractivity contribution < 1.29 is 22.7 Å². The van der Waals surface area contributed by atoms with Crippen molar-refractivity contribution in [2.24, 2.45) is 5.92 Å². The van der Waals surface area contributed by atoms with Crippen LogP contribution in [0.3, 0.4) is 0 Å². The monoisotopic (exact) mass is 508 g/mol. The van der Waals surface area contributed by atoms with Crippen molar-refractivity contribution in [3.63, 3.8) is 0 Å². The molecule has 0 aliphatic heterocycles. The molecule has 3 rings (SSSR count). The summed E-state index contributed by atoms with van der Waals surface area (Å²) in [7, 11) is -2.77. The number of carbonyl (C=O) groups excluding carboxylic acids is 1. The number of sulfonamides is 1. The lowest BCUT2D eigenvalue weighted by Crippen LogP contribution is -2.42. The molecule has 0 saturated heterocycles. The summed E-state index contributed by atoms with van der Waals surface area (Å²) in [5.74, 6) is -0.103. The number of halogens is 3. The normalized spacial score (nSPS) is 13.9. The van der Waals surface area contributed by atoms with E-state index in [0.717, 1.165) is 12.8 Å². The number of amides is 1. The zero-order valence-electron chi connectivity index (χ0n) is 14.5. The van der Waals surface area contributed by atoms with Crippen molar-refractivity contribution in [2.45, 2.75) is 17.7 Å². The minimum atomic E-state index is -4.11. The molecule has 28 heavy (non-hydrogen) atoms. The first-order valence-corrected chi connectivity index (χ1v) is 11.1. The molecule has 1 fully saturated rings. The minimum absolute atomic E-state index is 0.0773. The van der Waals surface area contributed by atoms with E-state index in [1.807, 2.05) is 0 Å². The number of hydrogen-bond acceptors (Lipinski definition) is 5. The summed E-state index contributed by atoms with van der Waals surface area (Å²) < 4.78 is 36.7. The lowest BCUT2D eigenvalue weighted by atomic mass is 10.3. The second kappa shape index (κ2) is 8.46. The SMILES string of the molecule is COc1ccc(Oc2c(Cl)cc(Br)cc2Cl)cc1S(=O)(=O)NNC(=O)C1CC1. The molecule has 1 aliphatic rings. The maximum Gasteiger partial charge on any atom is 0.261 e. The van der Waals surface area contributed by atoms with Crippen LogP contribution in [0.4, 0.5) is 0 Å². The van der Waals surface area contributed by atoms with Crippen LogP contribution in [-0.4, -0.2) is 21.4 Å². The number of ether oxygens (including phenoxy) is 2. The van der Waals surface area contributed by atoms with E-state index in [9.17, 15) is 13.2 Å². The summed E-state index contributed by atoms with van der Waals surface area (Å²) in [5.41, 5.74) is 2.21. The number of nitrogens with one attached hydrogen (secondary N) is 2. The fourth-order valence-corrected chi connectivity index (χ4v) is 4.61. The van der Waals surface area contributed by atoms with Crippen LogP contribution in [-0.2, 0) is 14.8 Å². The van der Waals surface area contributed by atoms with Gasteiger partial charge in [-0.25, -0.2) is 8.42 Å². The molecule has 0 spiro atoms. The molecular formula is C17H15BrCl2N2O5S. The van der Waals surface area contributed by atoms with Crippen molar-refractivity contribution in [2.75, 3.05) is 7.11 Å². The van der Waals surface area contributed by atoms with E-state index in [0.29, 0.717) is 4.47 Å². The molecule has 0 unspecified atom stereocenters. The van der Waals surface area contributed by atoms with Gasteiger partial charge in [-0.2, -0.15) is 0 Å². The Morgan fingerprint density at radius 3 is 2.39 bits per heavy atom. The Hall–Kier alpha value is -1.52. The Balaban J connectivity index is 1.88. The second-order valence-corrected chi connectivity index (χ2v) is 9.36. The molecule has 0 atom stereocenters. The maximum atomic E-state index is 12.6. The van der Waals surface area contributed by atoms with Gasteiger partial charge in [-0.15, -0.1) is 4.83 Å². The Morgan fingerprint density at radius 1 is 1.18 bits per heavy atom. The number of hydrogen-bond donors (Lipinski definition) is 2. The van der Waals surface area contributed by atoms with Crippen LogP contribution in [0.25, 0.3) is 0 Å². The molecule has 1 amide bonds. The highest BCUT2D eigenvalue weighted by Gasteiger charge is 2.31. The first kappa shape index (κ1) is 21.2. The van der Waals surface area contributed by atoms with E-state index in [1.165, 1.54) is 25.3 Å². The average molecular weight is 510 g/mol. The first-order valence-electron chi connectivity index (χ1n) is 8.03. The molecular weight excluding hydrogens is 495 g/mol. The minimum Gasteiger partial charge on any atom is -0.495 e. The smallest absolute Gasteiger partial charge is 0.261 e. The molecule has 2 aromatic carbocycles. The highest BCUT2D eigenvalue weighted by Crippen LogP contribution is 2.40. The maximum absolute atomic E-state index is 12.6. The van der Waals surface area contributed by atoms with Gasteiger partial charge in [0.1, 0.15) is 16.4 Å². The summed E-state index contributed by atoms with van der Waals surface area (Å²) in [6.45, 7) is 0. The lowest BCUT2D eigenvalue weighted by Gasteiger charge is -2.14. The molecule has 0 radical (unpaired) electrons. The summed E-state index contributed by atoms with van der Waals surface area (Å²) in [6, 6.07) is 7.37. The van der Waals surface area contributed by atoms with Crippen LogP contribution in [0.2, 0.25) is 10.0 Å². The van der Waals surface area contributed by atoms with Crippen LogP contribution in [0.15, 0.2) is 39.7 Å². The third kappa shape index (κ3) is 4.90. The van der Waals surface area contributed by atoms with Crippen molar-refractivity contribution in [1.29, 1.82) is 0 Å². The molecule has 7 nitrogen and oxygen atoms in total. The molecule has 0 bridgehead atoms. The van der Waals surface area contributed by atoms with Gasteiger partial charge in [0.25, 0.3) is 10.0 Å². The zero-order valence-corrected chi connectivity index (χ0v) is 18.4. The molecule has 2 aromatic rings. The van der Waals surface area contributed by atoms with E-state index in [4.69, 9.17) is 32.7 Å². The summed E-state index contributed by atoms with van der Waals surface area (Å²) >= 11 is 15.6. The van der Waals surface area contributed by atoms with Gasteiger partial charge in [0.05, 0.1) is 17.2 Å². The number of rotatable bonds is 7. The third-order valence-corrected chi connectivity index (χ3v) is 6.15. The quantitative estimate of drug-likeness (QED) is 0.543. The van der Waals surface area contributed by atoms with Gasteiger partial charge in [-0.1, -0.05) is 39.1 Å². The van der Waals surface area contributed by atoms with Crippen LogP contribution in [0.1, 0.15) is 12.8 Å². The molecule has 11 heteroatoms. The van der Waals surface area contributed by atoms with Gasteiger partial charge in [0.15, 0.2) is 5.75 Å². The second-order valence-electron chi connectivity index (χ2n) is 5.98. The predicted octanol–water partition coefficient (Wildman–Crippen LogP) is 4.28. The van der Waals surface area contributed by atoms with Crippen molar-refractivity contribution in [3.05, 3.63) is 44.8 Å². The molecule has 150 valence electrons. The summed E-state index contributed by atoms with van der Waals surface area (Å²) in [6.07, 6.45) is 1.49. The topological polar surface area (TPSA) is 93.7 Å². The predicted molar refractivity (Wildman–Crippen MR) is 108 cm³/mol. The van der Waals surface area contributed by atoms with Crippen LogP contribution in [0.5, 0.6) is 17.2 Å². The van der Waals surface area contributed by atoms with Gasteiger partial charge in [-0.3, -0.25) is 10.2 Å². The first-order chi connectivity index (χ1) is 13.2. The van der Waals surface area contributed by atoms with E-state index in [1.54, 1.807) is 12.1 Å². The number of hydrazine groups is 1. The third-order valence-electron chi connectivity index (χ3n) is 3.86. The Bertz CT molecular complexity index is 1010. The van der Waals surface area contributed by atoms with Gasteiger partial charge in [0.2, 0.25) is 5.91 Å². The highest BCUT2D eigenvalue weighted by atomic mass is 79.9. The number of carbonyl (C=O) groups is 1. The molecule has 0 aromatic heterocycles. The summed E-state index contributed by atoms with van der Waals surface area (Å²) in [5, 5.41) is 0.490. The van der Waals surface area contributed by atoms with E-state index < -0.39 is 10.0 Å². The van der Waals surface area contributed by atoms with E-state index >= 15 is 0 Å². The fraction of sp³-hybridized carbons (Fsp3) is 0.235. The number of methoxy groups -OCH3 is 1. The van der Waals surface area contributed by atoms with Crippen LogP contribution in [0, 0.1) is 5.92 Å². The van der Waals surface area contributed by atoms with E-state index in [2.05, 4.69) is 26.2 Å². The lowest BCUT2D eigenvalue weighted by molar-refractivity contribution is -0.122. The van der Waals surface area contributed by atoms with Gasteiger partial charge in [0, 0.05) is 16.5 Å². The Kier molecular flexibility index (Phi) is 6.41.